The van der Waals surface area contributed by atoms with Crippen molar-refractivity contribution in [1.29, 1.82) is 0 Å². The van der Waals surface area contributed by atoms with Gasteiger partial charge in [0.25, 0.3) is 0 Å². The molecule has 1 saturated heterocycles. The van der Waals surface area contributed by atoms with Crippen LogP contribution in [0.3, 0.4) is 0 Å². The molecule has 0 amide bonds. The normalized spacial score (nSPS) is 24.5. The monoisotopic (exact) mass is 250 g/mol. The van der Waals surface area contributed by atoms with Crippen LogP contribution >= 0.6 is 11.3 Å². The predicted octanol–water partition coefficient (Wildman–Crippen LogP) is 2.51. The predicted molar refractivity (Wildman–Crippen MR) is 73.7 cm³/mol. The maximum absolute atomic E-state index is 3.78. The van der Waals surface area contributed by atoms with Gasteiger partial charge in [0.1, 0.15) is 0 Å². The molecule has 2 fully saturated rings. The van der Waals surface area contributed by atoms with Gasteiger partial charge in [-0.3, -0.25) is 4.90 Å². The van der Waals surface area contributed by atoms with E-state index in [1.807, 2.05) is 11.3 Å². The molecule has 0 bridgehead atoms. The largest absolute Gasteiger partial charge is 0.309 e. The number of rotatable bonds is 3. The number of piperazine rings is 1. The second-order valence-corrected chi connectivity index (χ2v) is 6.35. The fraction of sp³-hybridized carbons (Fsp3) is 0.714. The van der Waals surface area contributed by atoms with Crippen LogP contribution in [-0.2, 0) is 6.42 Å². The summed E-state index contributed by atoms with van der Waals surface area (Å²) in [7, 11) is 0. The molecule has 1 aliphatic carbocycles. The molecule has 0 radical (unpaired) electrons. The van der Waals surface area contributed by atoms with Crippen molar-refractivity contribution in [3.8, 4) is 0 Å². The molecule has 1 spiro atoms. The molecule has 2 nitrogen and oxygen atoms in total. The number of hydrogen-bond donors (Lipinski definition) is 1. The molecular weight excluding hydrogens is 228 g/mol. The number of nitrogens with zero attached hydrogens (tertiary/aromatic N) is 1. The second-order valence-electron chi connectivity index (χ2n) is 5.57. The third-order valence-corrected chi connectivity index (χ3v) is 5.04. The summed E-state index contributed by atoms with van der Waals surface area (Å²) < 4.78 is 0. The highest BCUT2D eigenvalue weighted by atomic mass is 32.1. The quantitative estimate of drug-likeness (QED) is 0.887. The average Bonchev–Trinajstić information content (AvgIpc) is 2.99. The number of thiophene rings is 1. The lowest BCUT2D eigenvalue weighted by atomic mass is 9.94. The molecule has 17 heavy (non-hydrogen) atoms. The van der Waals surface area contributed by atoms with E-state index < -0.39 is 0 Å². The molecule has 1 aliphatic heterocycles. The molecule has 1 aromatic heterocycles. The molecule has 1 N–H and O–H groups in total. The van der Waals surface area contributed by atoms with Crippen molar-refractivity contribution in [1.82, 2.24) is 10.2 Å². The van der Waals surface area contributed by atoms with Gasteiger partial charge < -0.3 is 5.32 Å². The molecule has 94 valence electrons. The SMILES string of the molecule is c1cc(CCN2CCNC3(CCCC3)C2)cs1. The van der Waals surface area contributed by atoms with Crippen LogP contribution in [0.25, 0.3) is 0 Å². The lowest BCUT2D eigenvalue weighted by molar-refractivity contribution is 0.136. The maximum atomic E-state index is 3.78. The van der Waals surface area contributed by atoms with Gasteiger partial charge in [-0.25, -0.2) is 0 Å². The summed E-state index contributed by atoms with van der Waals surface area (Å²) in [6, 6.07) is 2.26. The zero-order valence-electron chi connectivity index (χ0n) is 10.5. The van der Waals surface area contributed by atoms with Crippen molar-refractivity contribution in [2.75, 3.05) is 26.2 Å². The molecule has 2 aliphatic rings. The van der Waals surface area contributed by atoms with Crippen molar-refractivity contribution in [2.24, 2.45) is 0 Å². The van der Waals surface area contributed by atoms with E-state index in [9.17, 15) is 0 Å². The molecule has 0 aromatic carbocycles. The Hall–Kier alpha value is -0.380. The van der Waals surface area contributed by atoms with E-state index in [2.05, 4.69) is 27.0 Å². The minimum absolute atomic E-state index is 0.479. The smallest absolute Gasteiger partial charge is 0.0309 e. The third-order valence-electron chi connectivity index (χ3n) is 4.31. The Kier molecular flexibility index (Phi) is 3.50. The maximum Gasteiger partial charge on any atom is 0.0309 e. The minimum Gasteiger partial charge on any atom is -0.309 e. The summed E-state index contributed by atoms with van der Waals surface area (Å²) >= 11 is 1.81. The van der Waals surface area contributed by atoms with Crippen LogP contribution in [0.4, 0.5) is 0 Å². The van der Waals surface area contributed by atoms with Crippen molar-refractivity contribution in [2.45, 2.75) is 37.6 Å². The zero-order valence-corrected chi connectivity index (χ0v) is 11.3. The average molecular weight is 250 g/mol. The first-order valence-electron chi connectivity index (χ1n) is 6.85. The Morgan fingerprint density at radius 2 is 2.24 bits per heavy atom. The van der Waals surface area contributed by atoms with Gasteiger partial charge >= 0.3 is 0 Å². The molecular formula is C14H22N2S. The Balaban J connectivity index is 1.53. The van der Waals surface area contributed by atoms with Crippen molar-refractivity contribution < 1.29 is 0 Å². The Morgan fingerprint density at radius 1 is 1.35 bits per heavy atom. The summed E-state index contributed by atoms with van der Waals surface area (Å²) in [5.41, 5.74) is 1.99. The standard InChI is InChI=1S/C14H22N2S/c1-2-6-14(5-1)12-16(9-7-15-14)8-3-13-4-10-17-11-13/h4,10-11,15H,1-3,5-9,12H2. The molecule has 3 heteroatoms. The van der Waals surface area contributed by atoms with Crippen molar-refractivity contribution >= 4 is 11.3 Å². The van der Waals surface area contributed by atoms with E-state index in [4.69, 9.17) is 0 Å². The van der Waals surface area contributed by atoms with Gasteiger partial charge in [-0.05, 0) is 41.7 Å². The Morgan fingerprint density at radius 3 is 3.00 bits per heavy atom. The first kappa shape index (κ1) is 11.7. The van der Waals surface area contributed by atoms with E-state index in [-0.39, 0.29) is 0 Å². The summed E-state index contributed by atoms with van der Waals surface area (Å²) in [6.45, 7) is 4.92. The lowest BCUT2D eigenvalue weighted by Crippen LogP contribution is -2.59. The highest BCUT2D eigenvalue weighted by Crippen LogP contribution is 2.31. The van der Waals surface area contributed by atoms with Crippen molar-refractivity contribution in [3.63, 3.8) is 0 Å². The van der Waals surface area contributed by atoms with Crippen LogP contribution in [0.1, 0.15) is 31.2 Å². The van der Waals surface area contributed by atoms with Crippen molar-refractivity contribution in [3.05, 3.63) is 22.4 Å². The Bertz CT molecular complexity index is 341. The Labute approximate surface area is 108 Å². The van der Waals surface area contributed by atoms with E-state index in [0.717, 1.165) is 0 Å². The van der Waals surface area contributed by atoms with Gasteiger partial charge in [0.2, 0.25) is 0 Å². The number of nitrogens with one attached hydrogen (secondary N) is 1. The molecule has 3 rings (SSSR count). The van der Waals surface area contributed by atoms with Crippen LogP contribution in [0, 0.1) is 0 Å². The molecule has 2 heterocycles. The van der Waals surface area contributed by atoms with Crippen LogP contribution < -0.4 is 5.32 Å². The van der Waals surface area contributed by atoms with Gasteiger partial charge in [-0.1, -0.05) is 12.8 Å². The molecule has 0 atom stereocenters. The first-order chi connectivity index (χ1) is 8.36. The fourth-order valence-corrected chi connectivity index (χ4v) is 4.04. The van der Waals surface area contributed by atoms with Crippen LogP contribution in [-0.4, -0.2) is 36.6 Å². The summed E-state index contributed by atoms with van der Waals surface area (Å²) in [4.78, 5) is 2.67. The highest BCUT2D eigenvalue weighted by Gasteiger charge is 2.37. The van der Waals surface area contributed by atoms with Gasteiger partial charge in [0.15, 0.2) is 0 Å². The third kappa shape index (κ3) is 2.72. The fourth-order valence-electron chi connectivity index (χ4n) is 3.34. The molecule has 1 saturated carbocycles. The first-order valence-corrected chi connectivity index (χ1v) is 7.79. The minimum atomic E-state index is 0.479. The van der Waals surface area contributed by atoms with Gasteiger partial charge in [-0.2, -0.15) is 11.3 Å². The summed E-state index contributed by atoms with van der Waals surface area (Å²) in [5, 5.41) is 8.25. The van der Waals surface area contributed by atoms with Gasteiger partial charge in [0, 0.05) is 31.7 Å². The van der Waals surface area contributed by atoms with Gasteiger partial charge in [-0.15, -0.1) is 0 Å². The summed E-state index contributed by atoms with van der Waals surface area (Å²) in [6.07, 6.45) is 6.85. The van der Waals surface area contributed by atoms with E-state index >= 15 is 0 Å². The number of hydrogen-bond acceptors (Lipinski definition) is 3. The topological polar surface area (TPSA) is 15.3 Å². The van der Waals surface area contributed by atoms with E-state index in [1.54, 1.807) is 0 Å². The van der Waals surface area contributed by atoms with Crippen LogP contribution in [0.15, 0.2) is 16.8 Å². The van der Waals surface area contributed by atoms with Crippen LogP contribution in [0.5, 0.6) is 0 Å². The van der Waals surface area contributed by atoms with E-state index in [0.29, 0.717) is 5.54 Å². The van der Waals surface area contributed by atoms with Crippen LogP contribution in [0.2, 0.25) is 0 Å². The lowest BCUT2D eigenvalue weighted by Gasteiger charge is -2.41. The second kappa shape index (κ2) is 5.09. The molecule has 0 unspecified atom stereocenters. The van der Waals surface area contributed by atoms with Gasteiger partial charge in [0.05, 0.1) is 0 Å². The highest BCUT2D eigenvalue weighted by molar-refractivity contribution is 7.07. The summed E-state index contributed by atoms with van der Waals surface area (Å²) in [5.74, 6) is 0. The van der Waals surface area contributed by atoms with E-state index in [1.165, 1.54) is 63.8 Å². The molecule has 1 aromatic rings. The zero-order chi connectivity index (χ0) is 11.6.